The number of esters is 1. The van der Waals surface area contributed by atoms with Gasteiger partial charge in [-0.15, -0.1) is 0 Å². The van der Waals surface area contributed by atoms with Gasteiger partial charge in [0.15, 0.2) is 0 Å². The average Bonchev–Trinajstić information content (AvgIpc) is 2.16. The molecule has 102 valence electrons. The quantitative estimate of drug-likeness (QED) is 0.284. The molecule has 0 aliphatic heterocycles. The Balaban J connectivity index is 4.91. The van der Waals surface area contributed by atoms with Crippen molar-refractivity contribution in [3.05, 3.63) is 0 Å². The number of ether oxygens (including phenoxy) is 1. The Kier molecular flexibility index (Phi) is 6.53. The molecule has 0 atom stereocenters. The van der Waals surface area contributed by atoms with E-state index in [1.165, 1.54) is 0 Å². The van der Waals surface area contributed by atoms with E-state index in [1.54, 1.807) is 20.8 Å². The predicted molar refractivity (Wildman–Crippen MR) is 52.9 cm³/mol. The maximum Gasteiger partial charge on any atom is 0.465 e. The van der Waals surface area contributed by atoms with Crippen LogP contribution in [-0.4, -0.2) is 38.9 Å². The fraction of sp³-hybridized carbons (Fsp3) is 0.889. The minimum Gasteiger partial charge on any atom is -0.454 e. The van der Waals surface area contributed by atoms with Crippen LogP contribution in [0.25, 0.3) is 0 Å². The van der Waals surface area contributed by atoms with Gasteiger partial charge in [-0.2, -0.15) is 14.7 Å². The van der Waals surface area contributed by atoms with E-state index in [0.717, 1.165) is 21.3 Å². The molecule has 0 bridgehead atoms. The summed E-state index contributed by atoms with van der Waals surface area (Å²) in [5, 5.41) is 0. The summed E-state index contributed by atoms with van der Waals surface area (Å²) in [6.45, 7) is 4.96. The van der Waals surface area contributed by atoms with Gasteiger partial charge in [0.1, 0.15) is 5.60 Å². The van der Waals surface area contributed by atoms with Crippen molar-refractivity contribution in [2.24, 2.45) is 0 Å². The van der Waals surface area contributed by atoms with Crippen LogP contribution >= 0.6 is 0 Å². The van der Waals surface area contributed by atoms with Crippen molar-refractivity contribution >= 4 is 5.97 Å². The molecule has 0 saturated carbocycles. The summed E-state index contributed by atoms with van der Waals surface area (Å²) < 4.78 is 5.01. The Morgan fingerprint density at radius 3 is 1.41 bits per heavy atom. The SMILES string of the molecule is COOC(OOC)(OOC)C(=O)OC(C)(C)C. The maximum atomic E-state index is 11.8. The molecule has 0 aromatic carbocycles. The normalized spacial score (nSPS) is 12.6. The summed E-state index contributed by atoms with van der Waals surface area (Å²) in [6, 6.07) is 0. The summed E-state index contributed by atoms with van der Waals surface area (Å²) in [6.07, 6.45) is 0. The van der Waals surface area contributed by atoms with E-state index in [2.05, 4.69) is 29.3 Å². The third-order valence-electron chi connectivity index (χ3n) is 1.23. The molecule has 0 fully saturated rings. The number of carbonyl (C=O) groups excluding carboxylic acids is 1. The van der Waals surface area contributed by atoms with E-state index in [0.29, 0.717) is 0 Å². The fourth-order valence-electron chi connectivity index (χ4n) is 0.813. The van der Waals surface area contributed by atoms with Crippen LogP contribution in [0.3, 0.4) is 0 Å². The van der Waals surface area contributed by atoms with Gasteiger partial charge in [-0.3, -0.25) is 0 Å². The summed E-state index contributed by atoms with van der Waals surface area (Å²) in [5.74, 6) is -3.44. The highest BCUT2D eigenvalue weighted by molar-refractivity contribution is 5.76. The van der Waals surface area contributed by atoms with Crippen LogP contribution in [0.4, 0.5) is 0 Å². The molecule has 0 unspecified atom stereocenters. The van der Waals surface area contributed by atoms with Gasteiger partial charge in [0.25, 0.3) is 0 Å². The van der Waals surface area contributed by atoms with Gasteiger partial charge in [0.2, 0.25) is 0 Å². The molecule has 0 aliphatic rings. The van der Waals surface area contributed by atoms with E-state index < -0.39 is 17.5 Å². The van der Waals surface area contributed by atoms with Crippen LogP contribution in [0, 0.1) is 0 Å². The van der Waals surface area contributed by atoms with Gasteiger partial charge in [0, 0.05) is 0 Å². The van der Waals surface area contributed by atoms with E-state index in [-0.39, 0.29) is 0 Å². The first-order valence-electron chi connectivity index (χ1n) is 4.70. The minimum atomic E-state index is -2.41. The van der Waals surface area contributed by atoms with Crippen molar-refractivity contribution in [2.75, 3.05) is 21.3 Å². The van der Waals surface area contributed by atoms with Crippen molar-refractivity contribution in [1.29, 1.82) is 0 Å². The van der Waals surface area contributed by atoms with E-state index >= 15 is 0 Å². The van der Waals surface area contributed by atoms with Crippen LogP contribution in [0.1, 0.15) is 20.8 Å². The third-order valence-corrected chi connectivity index (χ3v) is 1.23. The molecule has 8 nitrogen and oxygen atoms in total. The second-order valence-corrected chi connectivity index (χ2v) is 3.81. The van der Waals surface area contributed by atoms with Crippen molar-refractivity contribution in [3.63, 3.8) is 0 Å². The molecule has 8 heteroatoms. The van der Waals surface area contributed by atoms with Crippen molar-refractivity contribution in [2.45, 2.75) is 32.3 Å². The first-order chi connectivity index (χ1) is 7.81. The Morgan fingerprint density at radius 1 is 0.824 bits per heavy atom. The lowest BCUT2D eigenvalue weighted by molar-refractivity contribution is -0.604. The van der Waals surface area contributed by atoms with Crippen molar-refractivity contribution in [3.8, 4) is 0 Å². The van der Waals surface area contributed by atoms with Gasteiger partial charge in [0.05, 0.1) is 21.3 Å². The van der Waals surface area contributed by atoms with Crippen LogP contribution in [-0.2, 0) is 38.9 Å². The molecular weight excluding hydrogens is 236 g/mol. The average molecular weight is 254 g/mol. The van der Waals surface area contributed by atoms with E-state index in [4.69, 9.17) is 4.74 Å². The highest BCUT2D eigenvalue weighted by Crippen LogP contribution is 2.22. The minimum absolute atomic E-state index is 0.784. The maximum absolute atomic E-state index is 11.8. The highest BCUT2D eigenvalue weighted by Gasteiger charge is 2.51. The molecule has 0 heterocycles. The molecule has 0 saturated heterocycles. The zero-order valence-corrected chi connectivity index (χ0v) is 10.8. The smallest absolute Gasteiger partial charge is 0.454 e. The summed E-state index contributed by atoms with van der Waals surface area (Å²) in [5.41, 5.74) is -0.784. The largest absolute Gasteiger partial charge is 0.465 e. The molecular formula is C9H18O8. The van der Waals surface area contributed by atoms with Gasteiger partial charge < -0.3 is 4.74 Å². The van der Waals surface area contributed by atoms with Gasteiger partial charge in [-0.25, -0.2) is 19.5 Å². The van der Waals surface area contributed by atoms with Crippen molar-refractivity contribution < 1.29 is 38.9 Å². The second-order valence-electron chi connectivity index (χ2n) is 3.81. The van der Waals surface area contributed by atoms with E-state index in [1.807, 2.05) is 0 Å². The molecule has 17 heavy (non-hydrogen) atoms. The standard InChI is InChI=1S/C9H18O8/c1-8(2,3)14-7(10)9(15-11-4,16-12-5)17-13-6/h1-6H3. The molecule has 0 aromatic heterocycles. The van der Waals surface area contributed by atoms with Crippen LogP contribution in [0.2, 0.25) is 0 Å². The lowest BCUT2D eigenvalue weighted by Crippen LogP contribution is -2.49. The third kappa shape index (κ3) is 5.39. The lowest BCUT2D eigenvalue weighted by atomic mass is 10.2. The molecule has 0 N–H and O–H groups in total. The molecule has 0 aliphatic carbocycles. The second kappa shape index (κ2) is 6.84. The van der Waals surface area contributed by atoms with Crippen LogP contribution in [0.15, 0.2) is 0 Å². The number of carbonyl (C=O) groups is 1. The number of hydrogen-bond donors (Lipinski definition) is 0. The van der Waals surface area contributed by atoms with Crippen LogP contribution in [0.5, 0.6) is 0 Å². The predicted octanol–water partition coefficient (Wildman–Crippen LogP) is 0.716. The summed E-state index contributed by atoms with van der Waals surface area (Å²) in [7, 11) is 3.45. The molecule has 0 radical (unpaired) electrons. The van der Waals surface area contributed by atoms with Crippen molar-refractivity contribution in [1.82, 2.24) is 0 Å². The Labute approximate surface area is 99.4 Å². The van der Waals surface area contributed by atoms with Crippen LogP contribution < -0.4 is 0 Å². The first kappa shape index (κ1) is 16.2. The first-order valence-corrected chi connectivity index (χ1v) is 4.70. The molecule has 0 aromatic rings. The topological polar surface area (TPSA) is 81.7 Å². The Morgan fingerprint density at radius 2 is 1.18 bits per heavy atom. The summed E-state index contributed by atoms with van der Waals surface area (Å²) in [4.78, 5) is 38.5. The van der Waals surface area contributed by atoms with Gasteiger partial charge in [-0.05, 0) is 20.8 Å². The molecule has 0 rings (SSSR count). The van der Waals surface area contributed by atoms with E-state index in [9.17, 15) is 4.79 Å². The Hall–Kier alpha value is -0.770. The fourth-order valence-corrected chi connectivity index (χ4v) is 0.813. The zero-order valence-electron chi connectivity index (χ0n) is 10.8. The van der Waals surface area contributed by atoms with Gasteiger partial charge >= 0.3 is 11.9 Å². The molecule has 0 amide bonds. The lowest BCUT2D eigenvalue weighted by Gasteiger charge is -2.28. The van der Waals surface area contributed by atoms with Gasteiger partial charge in [-0.1, -0.05) is 0 Å². The Bertz CT molecular complexity index is 217. The monoisotopic (exact) mass is 254 g/mol. The number of rotatable bonds is 7. The number of hydrogen-bond acceptors (Lipinski definition) is 8. The summed E-state index contributed by atoms with van der Waals surface area (Å²) >= 11 is 0. The zero-order chi connectivity index (χ0) is 13.5. The highest BCUT2D eigenvalue weighted by atomic mass is 17.4. The molecule has 0 spiro atoms.